The Morgan fingerprint density at radius 1 is 1.47 bits per heavy atom. The largest absolute Gasteiger partial charge is 0.339 e. The van der Waals surface area contributed by atoms with Crippen molar-refractivity contribution in [2.45, 2.75) is 50.8 Å². The lowest BCUT2D eigenvalue weighted by molar-refractivity contribution is 0.339. The Morgan fingerprint density at radius 2 is 2.24 bits per heavy atom. The SMILES string of the molecule is CCSCc1noc(CC(N)C2CCCC2)n1. The van der Waals surface area contributed by atoms with Crippen molar-refractivity contribution in [2.24, 2.45) is 11.7 Å². The number of aromatic nitrogens is 2. The number of thioether (sulfide) groups is 1. The summed E-state index contributed by atoms with van der Waals surface area (Å²) in [5, 5.41) is 3.97. The highest BCUT2D eigenvalue weighted by atomic mass is 32.2. The maximum absolute atomic E-state index is 6.19. The second-order valence-electron chi connectivity index (χ2n) is 4.65. The van der Waals surface area contributed by atoms with Gasteiger partial charge in [0.2, 0.25) is 5.89 Å². The zero-order valence-electron chi connectivity index (χ0n) is 10.4. The highest BCUT2D eigenvalue weighted by molar-refractivity contribution is 7.98. The molecule has 1 aromatic rings. The molecule has 1 aliphatic carbocycles. The van der Waals surface area contributed by atoms with Gasteiger partial charge in [0.15, 0.2) is 5.82 Å². The molecule has 0 spiro atoms. The van der Waals surface area contributed by atoms with Crippen LogP contribution >= 0.6 is 11.8 Å². The van der Waals surface area contributed by atoms with Gasteiger partial charge in [0.1, 0.15) is 0 Å². The van der Waals surface area contributed by atoms with Gasteiger partial charge in [0, 0.05) is 12.5 Å². The number of nitrogens with zero attached hydrogens (tertiary/aromatic N) is 2. The third kappa shape index (κ3) is 3.71. The third-order valence-corrected chi connectivity index (χ3v) is 4.23. The van der Waals surface area contributed by atoms with E-state index in [-0.39, 0.29) is 6.04 Å². The monoisotopic (exact) mass is 255 g/mol. The molecule has 1 aliphatic rings. The van der Waals surface area contributed by atoms with Crippen molar-refractivity contribution in [1.29, 1.82) is 0 Å². The Labute approximate surface area is 107 Å². The second kappa shape index (κ2) is 6.40. The van der Waals surface area contributed by atoms with Crippen LogP contribution in [-0.4, -0.2) is 21.9 Å². The summed E-state index contributed by atoms with van der Waals surface area (Å²) in [5.41, 5.74) is 6.19. The van der Waals surface area contributed by atoms with Crippen LogP contribution in [0.3, 0.4) is 0 Å². The van der Waals surface area contributed by atoms with E-state index in [2.05, 4.69) is 17.1 Å². The molecule has 1 heterocycles. The van der Waals surface area contributed by atoms with Crippen molar-refractivity contribution in [3.05, 3.63) is 11.7 Å². The second-order valence-corrected chi connectivity index (χ2v) is 5.93. The van der Waals surface area contributed by atoms with E-state index in [0.29, 0.717) is 11.8 Å². The Hall–Kier alpha value is -0.550. The first-order chi connectivity index (χ1) is 8.29. The number of nitrogens with two attached hydrogens (primary N) is 1. The fourth-order valence-corrected chi connectivity index (χ4v) is 2.88. The minimum atomic E-state index is 0.185. The highest BCUT2D eigenvalue weighted by Crippen LogP contribution is 2.28. The Morgan fingerprint density at radius 3 is 2.94 bits per heavy atom. The molecule has 1 saturated carbocycles. The summed E-state index contributed by atoms with van der Waals surface area (Å²) in [7, 11) is 0. The standard InChI is InChI=1S/C12H21N3OS/c1-2-17-8-11-14-12(16-15-11)7-10(13)9-5-3-4-6-9/h9-10H,2-8,13H2,1H3. The lowest BCUT2D eigenvalue weighted by atomic mass is 9.96. The normalized spacial score (nSPS) is 18.7. The molecular formula is C12H21N3OS. The molecule has 0 radical (unpaired) electrons. The van der Waals surface area contributed by atoms with Crippen LogP contribution < -0.4 is 5.73 Å². The van der Waals surface area contributed by atoms with E-state index < -0.39 is 0 Å². The van der Waals surface area contributed by atoms with Gasteiger partial charge in [-0.1, -0.05) is 24.9 Å². The van der Waals surface area contributed by atoms with Gasteiger partial charge in [0.05, 0.1) is 5.75 Å². The van der Waals surface area contributed by atoms with Crippen LogP contribution in [0.5, 0.6) is 0 Å². The molecule has 2 N–H and O–H groups in total. The first-order valence-corrected chi connectivity index (χ1v) is 7.60. The molecule has 17 heavy (non-hydrogen) atoms. The lowest BCUT2D eigenvalue weighted by Crippen LogP contribution is -2.30. The van der Waals surface area contributed by atoms with Gasteiger partial charge >= 0.3 is 0 Å². The molecule has 0 bridgehead atoms. The molecule has 96 valence electrons. The van der Waals surface area contributed by atoms with Crippen LogP contribution in [0.2, 0.25) is 0 Å². The van der Waals surface area contributed by atoms with Gasteiger partial charge in [-0.2, -0.15) is 16.7 Å². The van der Waals surface area contributed by atoms with Gasteiger partial charge < -0.3 is 10.3 Å². The molecule has 2 rings (SSSR count). The van der Waals surface area contributed by atoms with Gasteiger partial charge in [-0.05, 0) is 24.5 Å². The number of hydrogen-bond donors (Lipinski definition) is 1. The van der Waals surface area contributed by atoms with E-state index in [9.17, 15) is 0 Å². The topological polar surface area (TPSA) is 64.9 Å². The van der Waals surface area contributed by atoms with Crippen molar-refractivity contribution in [3.8, 4) is 0 Å². The summed E-state index contributed by atoms with van der Waals surface area (Å²) in [6.07, 6.45) is 5.89. The molecule has 1 fully saturated rings. The van der Waals surface area contributed by atoms with Crippen LogP contribution in [0.25, 0.3) is 0 Å². The molecule has 1 atom stereocenters. The first-order valence-electron chi connectivity index (χ1n) is 6.44. The summed E-state index contributed by atoms with van der Waals surface area (Å²) in [6.45, 7) is 2.13. The van der Waals surface area contributed by atoms with Crippen LogP contribution in [0.15, 0.2) is 4.52 Å². The van der Waals surface area contributed by atoms with Crippen molar-refractivity contribution in [2.75, 3.05) is 5.75 Å². The molecule has 4 nitrogen and oxygen atoms in total. The Balaban J connectivity index is 1.83. The van der Waals surface area contributed by atoms with Crippen molar-refractivity contribution >= 4 is 11.8 Å². The van der Waals surface area contributed by atoms with Crippen molar-refractivity contribution in [3.63, 3.8) is 0 Å². The van der Waals surface area contributed by atoms with Gasteiger partial charge in [-0.25, -0.2) is 0 Å². The van der Waals surface area contributed by atoms with Crippen LogP contribution in [0.1, 0.15) is 44.3 Å². The summed E-state index contributed by atoms with van der Waals surface area (Å²) in [4.78, 5) is 4.38. The van der Waals surface area contributed by atoms with E-state index in [0.717, 1.165) is 23.8 Å². The molecule has 5 heteroatoms. The minimum Gasteiger partial charge on any atom is -0.339 e. The fraction of sp³-hybridized carbons (Fsp3) is 0.833. The third-order valence-electron chi connectivity index (χ3n) is 3.36. The van der Waals surface area contributed by atoms with Gasteiger partial charge in [-0.15, -0.1) is 0 Å². The van der Waals surface area contributed by atoms with Gasteiger partial charge in [0.25, 0.3) is 0 Å². The highest BCUT2D eigenvalue weighted by Gasteiger charge is 2.23. The molecule has 1 aromatic heterocycles. The molecular weight excluding hydrogens is 234 g/mol. The average molecular weight is 255 g/mol. The molecule has 0 saturated heterocycles. The Bertz CT molecular complexity index is 336. The summed E-state index contributed by atoms with van der Waals surface area (Å²) in [5.74, 6) is 4.06. The first kappa shape index (κ1) is 12.9. The summed E-state index contributed by atoms with van der Waals surface area (Å²) < 4.78 is 5.24. The zero-order valence-corrected chi connectivity index (χ0v) is 11.2. The fourth-order valence-electron chi connectivity index (χ4n) is 2.38. The molecule has 0 aromatic carbocycles. The van der Waals surface area contributed by atoms with Gasteiger partial charge in [-0.3, -0.25) is 0 Å². The maximum Gasteiger partial charge on any atom is 0.228 e. The van der Waals surface area contributed by atoms with Crippen LogP contribution in [0, 0.1) is 5.92 Å². The quantitative estimate of drug-likeness (QED) is 0.845. The molecule has 0 aliphatic heterocycles. The molecule has 1 unspecified atom stereocenters. The van der Waals surface area contributed by atoms with E-state index >= 15 is 0 Å². The van der Waals surface area contributed by atoms with E-state index in [1.54, 1.807) is 11.8 Å². The van der Waals surface area contributed by atoms with E-state index in [4.69, 9.17) is 10.3 Å². The zero-order chi connectivity index (χ0) is 12.1. The predicted molar refractivity (Wildman–Crippen MR) is 69.8 cm³/mol. The smallest absolute Gasteiger partial charge is 0.228 e. The average Bonchev–Trinajstić information content (AvgIpc) is 2.97. The summed E-state index contributed by atoms with van der Waals surface area (Å²) in [6, 6.07) is 0.185. The Kier molecular flexibility index (Phi) is 4.86. The summed E-state index contributed by atoms with van der Waals surface area (Å²) >= 11 is 1.80. The van der Waals surface area contributed by atoms with Crippen molar-refractivity contribution in [1.82, 2.24) is 10.1 Å². The lowest BCUT2D eigenvalue weighted by Gasteiger charge is -2.16. The molecule has 0 amide bonds. The van der Waals surface area contributed by atoms with E-state index in [1.807, 2.05) is 0 Å². The van der Waals surface area contributed by atoms with Crippen molar-refractivity contribution < 1.29 is 4.52 Å². The minimum absolute atomic E-state index is 0.185. The predicted octanol–water partition coefficient (Wildman–Crippen LogP) is 2.38. The van der Waals surface area contributed by atoms with Crippen LogP contribution in [0.4, 0.5) is 0 Å². The maximum atomic E-state index is 6.19. The van der Waals surface area contributed by atoms with E-state index in [1.165, 1.54) is 25.7 Å². The number of hydrogen-bond acceptors (Lipinski definition) is 5. The van der Waals surface area contributed by atoms with Crippen LogP contribution in [-0.2, 0) is 12.2 Å². The number of rotatable bonds is 6.